The SMILES string of the molecule is CCOC[C@H](O)CNC(=O)c1ccc(OC)c(OC2CCN(C(C)C)CC2)c1. The maximum atomic E-state index is 12.4. The number of likely N-dealkylation sites (tertiary alicyclic amines) is 1. The lowest BCUT2D eigenvalue weighted by Gasteiger charge is -2.34. The lowest BCUT2D eigenvalue weighted by Crippen LogP contribution is -2.41. The minimum Gasteiger partial charge on any atom is -0.493 e. The fourth-order valence-corrected chi connectivity index (χ4v) is 3.23. The first-order chi connectivity index (χ1) is 13.4. The summed E-state index contributed by atoms with van der Waals surface area (Å²) in [5.41, 5.74) is 0.471. The maximum absolute atomic E-state index is 12.4. The van der Waals surface area contributed by atoms with Crippen molar-refractivity contribution < 1.29 is 24.1 Å². The molecule has 0 spiro atoms. The minimum absolute atomic E-state index is 0.107. The molecule has 1 aliphatic heterocycles. The summed E-state index contributed by atoms with van der Waals surface area (Å²) in [6, 6.07) is 5.68. The Morgan fingerprint density at radius 1 is 1.29 bits per heavy atom. The van der Waals surface area contributed by atoms with Crippen molar-refractivity contribution in [2.45, 2.75) is 51.9 Å². The van der Waals surface area contributed by atoms with Crippen LogP contribution in [0.2, 0.25) is 0 Å². The molecule has 0 bridgehead atoms. The van der Waals surface area contributed by atoms with Crippen LogP contribution in [0.3, 0.4) is 0 Å². The molecule has 28 heavy (non-hydrogen) atoms. The number of rotatable bonds is 10. The summed E-state index contributed by atoms with van der Waals surface area (Å²) >= 11 is 0. The minimum atomic E-state index is -0.732. The van der Waals surface area contributed by atoms with Crippen molar-refractivity contribution in [3.8, 4) is 11.5 Å². The monoisotopic (exact) mass is 394 g/mol. The standard InChI is InChI=1S/C21H34N2O5/c1-5-27-14-17(24)13-22-21(25)16-6-7-19(26-4)20(12-16)28-18-8-10-23(11-9-18)15(2)3/h6-7,12,15,17-18,24H,5,8-11,13-14H2,1-4H3,(H,22,25)/t17-/m1/s1. The van der Waals surface area contributed by atoms with Crippen molar-refractivity contribution in [2.24, 2.45) is 0 Å². The van der Waals surface area contributed by atoms with E-state index in [0.717, 1.165) is 25.9 Å². The molecule has 0 aliphatic carbocycles. The predicted octanol–water partition coefficient (Wildman–Crippen LogP) is 2.07. The Kier molecular flexibility index (Phi) is 9.02. The average molecular weight is 395 g/mol. The van der Waals surface area contributed by atoms with E-state index in [1.54, 1.807) is 25.3 Å². The van der Waals surface area contributed by atoms with E-state index in [4.69, 9.17) is 14.2 Å². The topological polar surface area (TPSA) is 80.3 Å². The second kappa shape index (κ2) is 11.2. The average Bonchev–Trinajstić information content (AvgIpc) is 2.70. The second-order valence-electron chi connectivity index (χ2n) is 7.34. The van der Waals surface area contributed by atoms with Crippen molar-refractivity contribution in [1.29, 1.82) is 0 Å². The Bertz CT molecular complexity index is 615. The first-order valence-electron chi connectivity index (χ1n) is 10.1. The van der Waals surface area contributed by atoms with E-state index >= 15 is 0 Å². The van der Waals surface area contributed by atoms with Gasteiger partial charge in [0.15, 0.2) is 11.5 Å². The molecule has 0 radical (unpaired) electrons. The van der Waals surface area contributed by atoms with Gasteiger partial charge in [0.25, 0.3) is 5.91 Å². The van der Waals surface area contributed by atoms with Crippen LogP contribution in [0.4, 0.5) is 0 Å². The molecule has 1 aromatic carbocycles. The van der Waals surface area contributed by atoms with Gasteiger partial charge in [-0.25, -0.2) is 0 Å². The third-order valence-electron chi connectivity index (χ3n) is 4.94. The number of aliphatic hydroxyl groups excluding tert-OH is 1. The van der Waals surface area contributed by atoms with Gasteiger partial charge in [0.1, 0.15) is 6.10 Å². The number of carbonyl (C=O) groups excluding carboxylic acids is 1. The lowest BCUT2D eigenvalue weighted by molar-refractivity contribution is 0.0418. The molecular weight excluding hydrogens is 360 g/mol. The molecule has 0 aromatic heterocycles. The first-order valence-corrected chi connectivity index (χ1v) is 10.1. The van der Waals surface area contributed by atoms with Crippen LogP contribution in [0.15, 0.2) is 18.2 Å². The maximum Gasteiger partial charge on any atom is 0.251 e. The van der Waals surface area contributed by atoms with Gasteiger partial charge in [-0.05, 0) is 51.8 Å². The highest BCUT2D eigenvalue weighted by molar-refractivity contribution is 5.94. The second-order valence-corrected chi connectivity index (χ2v) is 7.34. The van der Waals surface area contributed by atoms with E-state index < -0.39 is 6.10 Å². The number of nitrogens with one attached hydrogen (secondary N) is 1. The summed E-state index contributed by atoms with van der Waals surface area (Å²) in [5, 5.41) is 12.5. The Morgan fingerprint density at radius 3 is 2.61 bits per heavy atom. The third-order valence-corrected chi connectivity index (χ3v) is 4.94. The van der Waals surface area contributed by atoms with Crippen LogP contribution < -0.4 is 14.8 Å². The van der Waals surface area contributed by atoms with Gasteiger partial charge in [-0.3, -0.25) is 4.79 Å². The first kappa shape index (κ1) is 22.5. The van der Waals surface area contributed by atoms with E-state index in [1.807, 2.05) is 6.92 Å². The Labute approximate surface area is 168 Å². The van der Waals surface area contributed by atoms with Gasteiger partial charge in [-0.2, -0.15) is 0 Å². The fraction of sp³-hybridized carbons (Fsp3) is 0.667. The van der Waals surface area contributed by atoms with E-state index in [0.29, 0.717) is 29.7 Å². The van der Waals surface area contributed by atoms with Crippen LogP contribution in [0.5, 0.6) is 11.5 Å². The van der Waals surface area contributed by atoms with E-state index in [9.17, 15) is 9.90 Å². The quantitative estimate of drug-likeness (QED) is 0.632. The highest BCUT2D eigenvalue weighted by Crippen LogP contribution is 2.31. The number of nitrogens with zero attached hydrogens (tertiary/aromatic N) is 1. The van der Waals surface area contributed by atoms with Crippen molar-refractivity contribution in [2.75, 3.05) is 40.0 Å². The summed E-state index contributed by atoms with van der Waals surface area (Å²) in [5.74, 6) is 0.921. The summed E-state index contributed by atoms with van der Waals surface area (Å²) in [4.78, 5) is 14.9. The smallest absolute Gasteiger partial charge is 0.251 e. The van der Waals surface area contributed by atoms with Crippen LogP contribution >= 0.6 is 0 Å². The van der Waals surface area contributed by atoms with Gasteiger partial charge in [0.05, 0.1) is 19.8 Å². The van der Waals surface area contributed by atoms with Gasteiger partial charge in [0, 0.05) is 37.8 Å². The number of carbonyl (C=O) groups is 1. The van der Waals surface area contributed by atoms with Crippen molar-refractivity contribution in [1.82, 2.24) is 10.2 Å². The van der Waals surface area contributed by atoms with E-state index in [2.05, 4.69) is 24.1 Å². The van der Waals surface area contributed by atoms with Crippen LogP contribution in [0.1, 0.15) is 44.0 Å². The Morgan fingerprint density at radius 2 is 2.00 bits per heavy atom. The highest BCUT2D eigenvalue weighted by atomic mass is 16.5. The van der Waals surface area contributed by atoms with Gasteiger partial charge in [0.2, 0.25) is 0 Å². The molecule has 0 unspecified atom stereocenters. The molecule has 2 rings (SSSR count). The number of benzene rings is 1. The largest absolute Gasteiger partial charge is 0.493 e. The molecule has 1 heterocycles. The van der Waals surface area contributed by atoms with Crippen LogP contribution in [0.25, 0.3) is 0 Å². The molecule has 7 nitrogen and oxygen atoms in total. The molecule has 1 saturated heterocycles. The lowest BCUT2D eigenvalue weighted by atomic mass is 10.1. The molecule has 1 atom stereocenters. The molecule has 1 fully saturated rings. The zero-order valence-corrected chi connectivity index (χ0v) is 17.4. The Balaban J connectivity index is 1.96. The van der Waals surface area contributed by atoms with Gasteiger partial charge in [-0.15, -0.1) is 0 Å². The molecule has 1 amide bonds. The normalized spacial score (nSPS) is 16.8. The molecule has 1 aliphatic rings. The number of piperidine rings is 1. The summed E-state index contributed by atoms with van der Waals surface area (Å²) in [6.45, 7) is 9.13. The third kappa shape index (κ3) is 6.65. The molecule has 0 saturated carbocycles. The van der Waals surface area contributed by atoms with Crippen LogP contribution in [-0.4, -0.2) is 74.1 Å². The molecule has 2 N–H and O–H groups in total. The van der Waals surface area contributed by atoms with Gasteiger partial charge >= 0.3 is 0 Å². The number of ether oxygens (including phenoxy) is 3. The zero-order chi connectivity index (χ0) is 20.5. The molecule has 7 heteroatoms. The van der Waals surface area contributed by atoms with Crippen molar-refractivity contribution >= 4 is 5.91 Å². The van der Waals surface area contributed by atoms with Crippen molar-refractivity contribution in [3.63, 3.8) is 0 Å². The summed E-state index contributed by atoms with van der Waals surface area (Å²) < 4.78 is 16.7. The number of hydrogen-bond acceptors (Lipinski definition) is 6. The van der Waals surface area contributed by atoms with Crippen molar-refractivity contribution in [3.05, 3.63) is 23.8 Å². The number of aliphatic hydroxyl groups is 1. The number of amides is 1. The molecular formula is C21H34N2O5. The number of hydrogen-bond donors (Lipinski definition) is 2. The van der Waals surface area contributed by atoms with Crippen LogP contribution in [-0.2, 0) is 4.74 Å². The summed E-state index contributed by atoms with van der Waals surface area (Å²) in [7, 11) is 1.59. The van der Waals surface area contributed by atoms with Crippen LogP contribution in [0, 0.1) is 0 Å². The fourth-order valence-electron chi connectivity index (χ4n) is 3.23. The number of methoxy groups -OCH3 is 1. The van der Waals surface area contributed by atoms with E-state index in [1.165, 1.54) is 0 Å². The molecule has 158 valence electrons. The van der Waals surface area contributed by atoms with E-state index in [-0.39, 0.29) is 25.2 Å². The predicted molar refractivity (Wildman–Crippen MR) is 108 cm³/mol. The molecule has 1 aromatic rings. The van der Waals surface area contributed by atoms with Gasteiger partial charge < -0.3 is 29.5 Å². The summed E-state index contributed by atoms with van der Waals surface area (Å²) in [6.07, 6.45) is 1.27. The van der Waals surface area contributed by atoms with Gasteiger partial charge in [-0.1, -0.05) is 0 Å². The Hall–Kier alpha value is -1.83. The highest BCUT2D eigenvalue weighted by Gasteiger charge is 2.23. The zero-order valence-electron chi connectivity index (χ0n) is 17.4.